The van der Waals surface area contributed by atoms with Gasteiger partial charge in [0.15, 0.2) is 11.5 Å². The number of nitrogens with zero attached hydrogens (tertiary/aromatic N) is 1. The van der Waals surface area contributed by atoms with Crippen molar-refractivity contribution in [3.63, 3.8) is 0 Å². The van der Waals surface area contributed by atoms with Crippen LogP contribution in [0.5, 0.6) is 17.2 Å². The van der Waals surface area contributed by atoms with E-state index in [1.54, 1.807) is 26.4 Å². The van der Waals surface area contributed by atoms with Crippen LogP contribution in [-0.4, -0.2) is 512 Å². The molecule has 74 heteroatoms. The third-order valence-corrected chi connectivity index (χ3v) is 22.6. The van der Waals surface area contributed by atoms with Crippen molar-refractivity contribution in [2.45, 2.75) is 31.5 Å². The lowest BCUT2D eigenvalue weighted by molar-refractivity contribution is 0.127. The van der Waals surface area contributed by atoms with Gasteiger partial charge in [-0.3, -0.25) is 4.90 Å². The predicted octanol–water partition coefficient (Wildman–Crippen LogP) is -18.7. The largest absolute Gasteiger partial charge is 0.497 e. The molecule has 0 amide bonds. The SMILES string of the molecule is COc1cccc(COc2cc3c(cc2OC)C2Cc4c([nH]c5ccccc45)C(c4ccc(F)cc4)N2CC3)c1.[B]B([B])B([B])B(B(B([B])[B])B([B])[B])B(B(B([B])[B])B([B])[B])B(B(B(B([B])[B])B([B])[B])B(B([B])[B])B([B])[B])B(B(B(B([B])[B])B([B])[B])B(B([B])[B])B([B])[B])B(B(B([B])[B])B([B])[B])B(B([B])[B])B([B])[B]. The third-order valence-electron chi connectivity index (χ3n) is 22.6. The van der Waals surface area contributed by atoms with Crippen LogP contribution < -0.4 is 14.2 Å². The zero-order valence-corrected chi connectivity index (χ0v) is 61.9. The second kappa shape index (κ2) is 43.7. The summed E-state index contributed by atoms with van der Waals surface area (Å²) in [5.74, 6) is 2.06. The highest BCUT2D eigenvalue weighted by atomic mass is 19.1. The first-order chi connectivity index (χ1) is 50.5. The minimum atomic E-state index is -1.68. The molecule has 70 radical (unpaired) electrons. The number of nitrogens with one attached hydrogen (secondary N) is 1. The topological polar surface area (TPSA) is 46.7 Å². The van der Waals surface area contributed by atoms with Gasteiger partial charge < -0.3 is 19.2 Å². The number of hydrogen-bond acceptors (Lipinski definition) is 4. The molecule has 2 aliphatic rings. The summed E-state index contributed by atoms with van der Waals surface area (Å²) in [6.45, 7) is 1.31. The van der Waals surface area contributed by atoms with Crippen molar-refractivity contribution in [1.82, 2.24) is 9.88 Å². The molecule has 2 aliphatic heterocycles. The van der Waals surface area contributed by atoms with E-state index in [0.29, 0.717) is 6.61 Å². The van der Waals surface area contributed by atoms with Gasteiger partial charge in [-0.2, -0.15) is 0 Å². The van der Waals surface area contributed by atoms with Crippen molar-refractivity contribution in [2.24, 2.45) is 0 Å². The molecule has 5 nitrogen and oxygen atoms in total. The first-order valence-electron chi connectivity index (χ1n) is 36.0. The maximum atomic E-state index is 13.9. The highest BCUT2D eigenvalue weighted by molar-refractivity contribution is 8.39. The van der Waals surface area contributed by atoms with E-state index in [-0.39, 0.29) is 17.9 Å². The molecule has 108 heavy (non-hydrogen) atoms. The number of halogens is 1. The fourth-order valence-electron chi connectivity index (χ4n) is 18.3. The fourth-order valence-corrected chi connectivity index (χ4v) is 18.3. The van der Waals surface area contributed by atoms with E-state index in [0.717, 1.165) is 53.3 Å². The van der Waals surface area contributed by atoms with Gasteiger partial charge in [0, 0.05) is 511 Å². The molecular weight excluding hydrogens is 1240 g/mol. The van der Waals surface area contributed by atoms with Crippen LogP contribution in [0.25, 0.3) is 10.9 Å². The number of hydrogen-bond donors (Lipinski definition) is 1. The molecule has 7 rings (SSSR count). The van der Waals surface area contributed by atoms with Crippen LogP contribution in [0.15, 0.2) is 84.9 Å². The molecule has 0 bridgehead atoms. The number of aromatic amines is 1. The van der Waals surface area contributed by atoms with Gasteiger partial charge >= 0.3 is 0 Å². The molecule has 1 N–H and O–H groups in total. The molecule has 5 aromatic rings. The van der Waals surface area contributed by atoms with Crippen molar-refractivity contribution in [2.75, 3.05) is 20.8 Å². The molecule has 0 fully saturated rings. The van der Waals surface area contributed by atoms with Crippen LogP contribution in [0, 0.1) is 5.82 Å². The molecule has 2 unspecified atom stereocenters. The summed E-state index contributed by atoms with van der Waals surface area (Å²) in [4.78, 5) is 6.28. The maximum Gasteiger partial charge on any atom is 0.161 e. The van der Waals surface area contributed by atoms with Crippen LogP contribution in [0.3, 0.4) is 0 Å². The van der Waals surface area contributed by atoms with Crippen molar-refractivity contribution < 1.29 is 18.6 Å². The molecule has 3 heterocycles. The molecule has 0 spiro atoms. The Kier molecular flexibility index (Phi) is 39.2. The van der Waals surface area contributed by atoms with Gasteiger partial charge in [-0.05, 0) is 83.1 Å². The molecule has 2 atom stereocenters. The first-order valence-corrected chi connectivity index (χ1v) is 36.0. The molecule has 1 aromatic heterocycles. The van der Waals surface area contributed by atoms with Crippen LogP contribution in [-0.2, 0) is 19.4 Å². The van der Waals surface area contributed by atoms with Gasteiger partial charge in [0.2, 0.25) is 0 Å². The Bertz CT molecular complexity index is 3350. The highest BCUT2D eigenvalue weighted by Gasteiger charge is 2.64. The molecule has 4 aromatic carbocycles. The van der Waals surface area contributed by atoms with Crippen molar-refractivity contribution in [3.8, 4) is 17.2 Å². The molecule has 0 saturated carbocycles. The van der Waals surface area contributed by atoms with E-state index in [9.17, 15) is 4.39 Å². The summed E-state index contributed by atoms with van der Waals surface area (Å²) < 4.78 is 31.4. The third kappa shape index (κ3) is 23.1. The Hall–Kier alpha value is 0.126. The average molecular weight is 1270 g/mol. The van der Waals surface area contributed by atoms with E-state index < -0.39 is 211 Å². The van der Waals surface area contributed by atoms with Crippen LogP contribution in [0.4, 0.5) is 4.39 Å². The number of fused-ring (bicyclic) bond motifs is 6. The quantitative estimate of drug-likeness (QED) is 0.0400. The number of methoxy groups -OCH3 is 2. The number of benzene rings is 4. The number of rotatable bonds is 38. The van der Waals surface area contributed by atoms with Gasteiger partial charge in [0.1, 0.15) is 18.2 Å². The average Bonchev–Trinajstić information content (AvgIpc) is 0.911. The molecular formula is C34H31B68FN2O3. The Morgan fingerprint density at radius 1 is 0.389 bits per heavy atom. The highest BCUT2D eigenvalue weighted by Crippen LogP contribution is 2.50. The predicted molar refractivity (Wildman–Crippen MR) is 545 cm³/mol. The Morgan fingerprint density at radius 2 is 0.759 bits per heavy atom. The minimum Gasteiger partial charge on any atom is -0.497 e. The summed E-state index contributed by atoms with van der Waals surface area (Å²) in [6, 6.07) is 27.9. The normalized spacial score (nSPS) is 12.8. The minimum absolute atomic E-state index is 0.00452. The smallest absolute Gasteiger partial charge is 0.161 e. The summed E-state index contributed by atoms with van der Waals surface area (Å²) in [7, 11) is 238. The second-order valence-corrected chi connectivity index (χ2v) is 29.6. The number of H-pyrrole nitrogens is 1. The Morgan fingerprint density at radius 3 is 1.13 bits per heavy atom. The lowest BCUT2D eigenvalue weighted by Crippen LogP contribution is -2.98. The lowest BCUT2D eigenvalue weighted by Gasteiger charge is -2.60. The molecule has 406 valence electrons. The van der Waals surface area contributed by atoms with E-state index in [1.165, 1.54) is 27.8 Å². The van der Waals surface area contributed by atoms with Crippen molar-refractivity contribution in [3.05, 3.63) is 124 Å². The summed E-state index contributed by atoms with van der Waals surface area (Å²) in [5.41, 5.74) is 8.34. The van der Waals surface area contributed by atoms with E-state index >= 15 is 0 Å². The van der Waals surface area contributed by atoms with E-state index in [4.69, 9.17) is 285 Å². The number of para-hydroxylation sites is 1. The number of ether oxygens (including phenoxy) is 3. The van der Waals surface area contributed by atoms with Crippen molar-refractivity contribution in [1.29, 1.82) is 0 Å². The van der Waals surface area contributed by atoms with Gasteiger partial charge in [-0.25, -0.2) is 4.39 Å². The Balaban J connectivity index is 0.000000380. The van der Waals surface area contributed by atoms with E-state index in [2.05, 4.69) is 46.3 Å². The summed E-state index contributed by atoms with van der Waals surface area (Å²) in [5, 5.41) is 1.25. The van der Waals surface area contributed by atoms with Gasteiger partial charge in [-0.1, -0.05) is 42.5 Å². The van der Waals surface area contributed by atoms with Crippen LogP contribution in [0.2, 0.25) is 0 Å². The van der Waals surface area contributed by atoms with Gasteiger partial charge in [0.25, 0.3) is 0 Å². The monoisotopic (exact) mass is 1280 g/mol. The fraction of sp³-hybridized carbons (Fsp3) is 0.235. The zero-order chi connectivity index (χ0) is 81.3. The second-order valence-electron chi connectivity index (χ2n) is 29.6. The van der Waals surface area contributed by atoms with Crippen LogP contribution >= 0.6 is 0 Å². The maximum absolute atomic E-state index is 13.9. The van der Waals surface area contributed by atoms with Gasteiger partial charge in [0.05, 0.1) is 20.3 Å². The Labute approximate surface area is 708 Å². The zero-order valence-electron chi connectivity index (χ0n) is 61.9. The standard InChI is InChI=1S/C34H31FN2O3.B68/c1-38-25-7-5-6-21(16-25)20-40-32-17-23-14-15-37-30(27(23)19-31(32)39-2)18-28-26-8-3-4-9-29(26)36-33(28)34(37)22-10-12-24(35)13-11-22;1-36(2)53(35)62(54(37(3)4)38(5)6)66(61(51(31)32)52(33)34)68(65(59(47(23)24)48(25)26)60(49(27)28)50(29)30)67(63(55(39(7)8)40(9)10)56(41(11)12)42(13)14)64(57(43(15)16)44(17)18)58(45(19)20)46(21)22/h3-13,16-17,19,30,34,36H,14-15,18,20H2,1-2H3;. The first kappa shape index (κ1) is 97.0. The summed E-state index contributed by atoms with van der Waals surface area (Å²) in [6.07, 6.45) is -48.8. The van der Waals surface area contributed by atoms with Crippen LogP contribution in [0.1, 0.15) is 45.6 Å². The molecule has 0 saturated heterocycles. The van der Waals surface area contributed by atoms with E-state index in [1.807, 2.05) is 36.4 Å². The number of aromatic nitrogens is 1. The lowest BCUT2D eigenvalue weighted by atomic mass is 8.21. The van der Waals surface area contributed by atoms with Crippen molar-refractivity contribution >= 4 is 492 Å². The van der Waals surface area contributed by atoms with Gasteiger partial charge in [-0.15, -0.1) is 0 Å². The summed E-state index contributed by atoms with van der Waals surface area (Å²) >= 11 is 0. The molecule has 0 aliphatic carbocycles.